The zero-order valence-electron chi connectivity index (χ0n) is 13.4. The highest BCUT2D eigenvalue weighted by Gasteiger charge is 2.18. The summed E-state index contributed by atoms with van der Waals surface area (Å²) in [5.74, 6) is 1.14. The second-order valence-electron chi connectivity index (χ2n) is 5.79. The van der Waals surface area contributed by atoms with Gasteiger partial charge in [0.1, 0.15) is 23.1 Å². The van der Waals surface area contributed by atoms with Crippen molar-refractivity contribution < 1.29 is 15.3 Å². The van der Waals surface area contributed by atoms with E-state index in [0.717, 1.165) is 16.5 Å². The summed E-state index contributed by atoms with van der Waals surface area (Å²) < 4.78 is 1.81. The normalized spacial score (nSPS) is 11.1. The van der Waals surface area contributed by atoms with Crippen molar-refractivity contribution in [2.45, 2.75) is 6.92 Å². The molecule has 6 nitrogen and oxygen atoms in total. The molecule has 0 fully saturated rings. The van der Waals surface area contributed by atoms with E-state index in [1.165, 1.54) is 12.1 Å². The van der Waals surface area contributed by atoms with Crippen LogP contribution in [0.2, 0.25) is 0 Å². The van der Waals surface area contributed by atoms with Crippen LogP contribution in [-0.4, -0.2) is 30.1 Å². The van der Waals surface area contributed by atoms with Gasteiger partial charge in [0.2, 0.25) is 0 Å². The van der Waals surface area contributed by atoms with Crippen molar-refractivity contribution in [3.8, 4) is 34.3 Å². The molecule has 0 aliphatic rings. The summed E-state index contributed by atoms with van der Waals surface area (Å²) in [6, 6.07) is 15.3. The molecule has 0 bridgehead atoms. The maximum Gasteiger partial charge on any atom is 0.172 e. The zero-order chi connectivity index (χ0) is 17.6. The first-order chi connectivity index (χ1) is 12.0. The van der Waals surface area contributed by atoms with Gasteiger partial charge in [0.05, 0.1) is 11.3 Å². The van der Waals surface area contributed by atoms with Gasteiger partial charge in [0, 0.05) is 11.5 Å². The number of aryl methyl sites for hydroxylation is 1. The Balaban J connectivity index is 2.02. The minimum absolute atomic E-state index is 0.0286. The number of phenols is 3. The molecule has 0 atom stereocenters. The average molecular weight is 333 g/mol. The molecule has 3 aromatic carbocycles. The van der Waals surface area contributed by atoms with Gasteiger partial charge in [-0.25, -0.2) is 0 Å². The third-order valence-corrected chi connectivity index (χ3v) is 4.13. The molecular formula is C19H15N3O3. The second kappa shape index (κ2) is 5.52. The first kappa shape index (κ1) is 15.0. The second-order valence-corrected chi connectivity index (χ2v) is 5.79. The van der Waals surface area contributed by atoms with Crippen molar-refractivity contribution >= 4 is 10.8 Å². The molecule has 4 rings (SSSR count). The molecule has 0 radical (unpaired) electrons. The number of hydrogen-bond acceptors (Lipinski definition) is 5. The number of fused-ring (bicyclic) bond motifs is 1. The van der Waals surface area contributed by atoms with E-state index >= 15 is 0 Å². The van der Waals surface area contributed by atoms with Gasteiger partial charge < -0.3 is 15.3 Å². The van der Waals surface area contributed by atoms with E-state index in [1.807, 2.05) is 35.8 Å². The molecule has 0 saturated carbocycles. The maximum atomic E-state index is 10.2. The van der Waals surface area contributed by atoms with Crippen LogP contribution in [-0.2, 0) is 0 Å². The van der Waals surface area contributed by atoms with Gasteiger partial charge >= 0.3 is 0 Å². The minimum Gasteiger partial charge on any atom is -0.508 e. The monoisotopic (exact) mass is 333 g/mol. The van der Waals surface area contributed by atoms with Crippen molar-refractivity contribution in [3.05, 3.63) is 60.4 Å². The molecule has 1 heterocycles. The van der Waals surface area contributed by atoms with Gasteiger partial charge in [0.25, 0.3) is 0 Å². The quantitative estimate of drug-likeness (QED) is 0.522. The summed E-state index contributed by atoms with van der Waals surface area (Å²) in [6.07, 6.45) is 0. The van der Waals surface area contributed by atoms with E-state index < -0.39 is 0 Å². The van der Waals surface area contributed by atoms with Crippen molar-refractivity contribution in [1.29, 1.82) is 0 Å². The first-order valence-electron chi connectivity index (χ1n) is 7.71. The fourth-order valence-corrected chi connectivity index (χ4v) is 2.97. The Morgan fingerprint density at radius 1 is 0.840 bits per heavy atom. The molecule has 0 aliphatic heterocycles. The van der Waals surface area contributed by atoms with E-state index in [-0.39, 0.29) is 17.2 Å². The van der Waals surface area contributed by atoms with Crippen LogP contribution in [0.1, 0.15) is 5.82 Å². The molecule has 25 heavy (non-hydrogen) atoms. The molecule has 6 heteroatoms. The number of benzene rings is 3. The number of nitrogens with zero attached hydrogens (tertiary/aromatic N) is 3. The van der Waals surface area contributed by atoms with Crippen LogP contribution in [0.3, 0.4) is 0 Å². The fourth-order valence-electron chi connectivity index (χ4n) is 2.97. The van der Waals surface area contributed by atoms with Crippen LogP contribution in [0.4, 0.5) is 0 Å². The number of phenolic OH excluding ortho intramolecular Hbond substituents is 3. The molecule has 1 aromatic heterocycles. The standard InChI is InChI=1S/C19H15N3O3/c1-11-20-21-19(15-8-7-14(24)10-18(15)25)22(11)17-4-2-3-12-5-6-13(23)9-16(12)17/h2-10,23-25H,1H3. The Hall–Kier alpha value is -3.54. The van der Waals surface area contributed by atoms with Crippen LogP contribution in [0, 0.1) is 6.92 Å². The highest BCUT2D eigenvalue weighted by atomic mass is 16.3. The molecule has 0 aliphatic carbocycles. The molecular weight excluding hydrogens is 318 g/mol. The van der Waals surface area contributed by atoms with Crippen LogP contribution >= 0.6 is 0 Å². The molecule has 3 N–H and O–H groups in total. The van der Waals surface area contributed by atoms with Gasteiger partial charge in [-0.3, -0.25) is 4.57 Å². The van der Waals surface area contributed by atoms with Gasteiger partial charge in [-0.1, -0.05) is 18.2 Å². The molecule has 4 aromatic rings. The van der Waals surface area contributed by atoms with E-state index in [1.54, 1.807) is 18.2 Å². The van der Waals surface area contributed by atoms with Gasteiger partial charge in [0.15, 0.2) is 5.82 Å². The summed E-state index contributed by atoms with van der Waals surface area (Å²) in [5.41, 5.74) is 1.24. The Bertz CT molecular complexity index is 1100. The Morgan fingerprint density at radius 3 is 2.40 bits per heavy atom. The Kier molecular flexibility index (Phi) is 3.32. The molecule has 0 spiro atoms. The summed E-state index contributed by atoms with van der Waals surface area (Å²) >= 11 is 0. The van der Waals surface area contributed by atoms with Crippen LogP contribution < -0.4 is 0 Å². The molecule has 0 unspecified atom stereocenters. The number of hydrogen-bond donors (Lipinski definition) is 3. The first-order valence-corrected chi connectivity index (χ1v) is 7.71. The Morgan fingerprint density at radius 2 is 1.60 bits per heavy atom. The van der Waals surface area contributed by atoms with Crippen molar-refractivity contribution in [3.63, 3.8) is 0 Å². The third kappa shape index (κ3) is 2.44. The molecule has 124 valence electrons. The van der Waals surface area contributed by atoms with Crippen molar-refractivity contribution in [2.24, 2.45) is 0 Å². The maximum absolute atomic E-state index is 10.2. The van der Waals surface area contributed by atoms with E-state index in [2.05, 4.69) is 10.2 Å². The minimum atomic E-state index is -0.0864. The number of rotatable bonds is 2. The largest absolute Gasteiger partial charge is 0.508 e. The zero-order valence-corrected chi connectivity index (χ0v) is 13.4. The van der Waals surface area contributed by atoms with Gasteiger partial charge in [-0.05, 0) is 42.6 Å². The van der Waals surface area contributed by atoms with Crippen LogP contribution in [0.25, 0.3) is 27.8 Å². The SMILES string of the molecule is Cc1nnc(-c2ccc(O)cc2O)n1-c1cccc2ccc(O)cc12. The smallest absolute Gasteiger partial charge is 0.172 e. The van der Waals surface area contributed by atoms with Crippen LogP contribution in [0.15, 0.2) is 54.6 Å². The highest BCUT2D eigenvalue weighted by Crippen LogP contribution is 2.34. The summed E-state index contributed by atoms with van der Waals surface area (Å²) in [5, 5.41) is 39.7. The number of aromatic nitrogens is 3. The highest BCUT2D eigenvalue weighted by molar-refractivity contribution is 5.92. The van der Waals surface area contributed by atoms with E-state index in [4.69, 9.17) is 0 Å². The fraction of sp³-hybridized carbons (Fsp3) is 0.0526. The summed E-state index contributed by atoms with van der Waals surface area (Å²) in [7, 11) is 0. The lowest BCUT2D eigenvalue weighted by Gasteiger charge is -2.13. The Labute approximate surface area is 143 Å². The molecule has 0 saturated heterocycles. The third-order valence-electron chi connectivity index (χ3n) is 4.13. The van der Waals surface area contributed by atoms with Crippen molar-refractivity contribution in [1.82, 2.24) is 14.8 Å². The average Bonchev–Trinajstić information content (AvgIpc) is 2.95. The van der Waals surface area contributed by atoms with Crippen molar-refractivity contribution in [2.75, 3.05) is 0 Å². The number of aromatic hydroxyl groups is 3. The van der Waals surface area contributed by atoms with Gasteiger partial charge in [-0.2, -0.15) is 0 Å². The predicted molar refractivity (Wildman–Crippen MR) is 94.0 cm³/mol. The molecule has 0 amide bonds. The predicted octanol–water partition coefficient (Wildman–Crippen LogP) is 3.51. The van der Waals surface area contributed by atoms with Crippen LogP contribution in [0.5, 0.6) is 17.2 Å². The topological polar surface area (TPSA) is 91.4 Å². The van der Waals surface area contributed by atoms with E-state index in [0.29, 0.717) is 17.2 Å². The lowest BCUT2D eigenvalue weighted by molar-refractivity contribution is 0.451. The van der Waals surface area contributed by atoms with E-state index in [9.17, 15) is 15.3 Å². The summed E-state index contributed by atoms with van der Waals surface area (Å²) in [6.45, 7) is 1.82. The lowest BCUT2D eigenvalue weighted by Crippen LogP contribution is -2.01. The summed E-state index contributed by atoms with van der Waals surface area (Å²) in [4.78, 5) is 0. The van der Waals surface area contributed by atoms with Gasteiger partial charge in [-0.15, -0.1) is 10.2 Å². The lowest BCUT2D eigenvalue weighted by atomic mass is 10.1.